The maximum absolute atomic E-state index is 5.08. The second-order valence-electron chi connectivity index (χ2n) is 10.8. The Kier molecular flexibility index (Phi) is 6.24. The summed E-state index contributed by atoms with van der Waals surface area (Å²) in [5, 5.41) is 0.228. The van der Waals surface area contributed by atoms with Crippen LogP contribution in [0.3, 0.4) is 0 Å². The lowest BCUT2D eigenvalue weighted by Gasteiger charge is -2.28. The van der Waals surface area contributed by atoms with Gasteiger partial charge in [-0.25, -0.2) is 24.9 Å². The van der Waals surface area contributed by atoms with E-state index in [1.165, 1.54) is 0 Å². The Morgan fingerprint density at radius 2 is 1.73 bits per heavy atom. The fourth-order valence-electron chi connectivity index (χ4n) is 4.12. The van der Waals surface area contributed by atoms with Crippen LogP contribution in [0.15, 0.2) is 18.6 Å². The van der Waals surface area contributed by atoms with Crippen molar-refractivity contribution in [3.63, 3.8) is 0 Å². The number of aromatic amines is 2. The number of hydrogen-bond acceptors (Lipinski definition) is 6. The highest BCUT2D eigenvalue weighted by Gasteiger charge is 2.30. The van der Waals surface area contributed by atoms with E-state index in [9.17, 15) is 0 Å². The van der Waals surface area contributed by atoms with Crippen LogP contribution in [0.25, 0.3) is 22.2 Å². The summed E-state index contributed by atoms with van der Waals surface area (Å²) < 4.78 is 0. The molecule has 0 amide bonds. The van der Waals surface area contributed by atoms with Crippen LogP contribution in [0.1, 0.15) is 95.5 Å². The highest BCUT2D eigenvalue weighted by Crippen LogP contribution is 2.39. The fraction of sp³-hybridized carbons (Fsp3) is 0.560. The molecule has 0 aliphatic rings. The number of rotatable bonds is 7. The molecule has 0 aliphatic heterocycles. The number of nitrogens with one attached hydrogen (secondary N) is 2. The van der Waals surface area contributed by atoms with E-state index >= 15 is 0 Å². The first-order valence-electron chi connectivity index (χ1n) is 11.6. The minimum Gasteiger partial charge on any atom is -0.358 e. The largest absolute Gasteiger partial charge is 0.358 e. The zero-order chi connectivity index (χ0) is 24.0. The molecule has 0 radical (unpaired) electrons. The molecule has 4 aromatic rings. The van der Waals surface area contributed by atoms with Gasteiger partial charge in [-0.1, -0.05) is 48.5 Å². The minimum absolute atomic E-state index is 0.0703. The first-order valence-corrected chi connectivity index (χ1v) is 12.9. The number of imidazole rings is 1. The molecule has 176 valence electrons. The van der Waals surface area contributed by atoms with E-state index in [0.29, 0.717) is 0 Å². The van der Waals surface area contributed by atoms with Crippen LogP contribution < -0.4 is 0 Å². The molecule has 1 unspecified atom stereocenters. The summed E-state index contributed by atoms with van der Waals surface area (Å²) in [7, 11) is 0. The van der Waals surface area contributed by atoms with Crippen LogP contribution in [0.5, 0.6) is 0 Å². The van der Waals surface area contributed by atoms with Gasteiger partial charge >= 0.3 is 0 Å². The Hall–Kier alpha value is -2.48. The van der Waals surface area contributed by atoms with E-state index in [1.807, 2.05) is 24.0 Å². The van der Waals surface area contributed by atoms with E-state index in [-0.39, 0.29) is 22.0 Å². The summed E-state index contributed by atoms with van der Waals surface area (Å²) in [6.45, 7) is 15.3. The van der Waals surface area contributed by atoms with E-state index in [2.05, 4.69) is 74.7 Å². The number of fused-ring (bicyclic) bond motifs is 2. The van der Waals surface area contributed by atoms with Crippen molar-refractivity contribution in [3.05, 3.63) is 41.6 Å². The van der Waals surface area contributed by atoms with Crippen molar-refractivity contribution in [3.8, 4) is 0 Å². The van der Waals surface area contributed by atoms with Crippen LogP contribution >= 0.6 is 11.8 Å². The Labute approximate surface area is 200 Å². The number of aromatic nitrogens is 7. The Morgan fingerprint density at radius 1 is 0.970 bits per heavy atom. The predicted molar refractivity (Wildman–Crippen MR) is 137 cm³/mol. The number of thioether (sulfide) groups is 1. The van der Waals surface area contributed by atoms with E-state index in [1.54, 1.807) is 6.33 Å². The molecule has 0 bridgehead atoms. The van der Waals surface area contributed by atoms with Crippen molar-refractivity contribution in [2.45, 2.75) is 83.3 Å². The molecule has 4 heterocycles. The predicted octanol–water partition coefficient (Wildman–Crippen LogP) is 6.21. The van der Waals surface area contributed by atoms with Gasteiger partial charge in [-0.15, -0.1) is 0 Å². The zero-order valence-electron chi connectivity index (χ0n) is 20.9. The van der Waals surface area contributed by atoms with Gasteiger partial charge in [0.1, 0.15) is 17.2 Å². The summed E-state index contributed by atoms with van der Waals surface area (Å²) in [4.78, 5) is 30.6. The van der Waals surface area contributed by atoms with Gasteiger partial charge in [-0.05, 0) is 25.2 Å². The smallest absolute Gasteiger partial charge is 0.181 e. The summed E-state index contributed by atoms with van der Waals surface area (Å²) in [6, 6.07) is 2.04. The van der Waals surface area contributed by atoms with Crippen molar-refractivity contribution in [1.82, 2.24) is 34.9 Å². The zero-order valence-corrected chi connectivity index (χ0v) is 21.8. The number of hydrogen-bond donors (Lipinski definition) is 2. The molecule has 33 heavy (non-hydrogen) atoms. The quantitative estimate of drug-likeness (QED) is 0.337. The molecule has 0 spiro atoms. The molecule has 0 fully saturated rings. The van der Waals surface area contributed by atoms with Crippen molar-refractivity contribution in [2.75, 3.05) is 6.26 Å². The number of nitrogens with zero attached hydrogens (tertiary/aromatic N) is 5. The third kappa shape index (κ3) is 4.63. The monoisotopic (exact) mass is 465 g/mol. The lowest BCUT2D eigenvalue weighted by atomic mass is 9.84. The fourth-order valence-corrected chi connectivity index (χ4v) is 4.87. The minimum atomic E-state index is -0.180. The van der Waals surface area contributed by atoms with E-state index in [0.717, 1.165) is 58.1 Å². The van der Waals surface area contributed by atoms with Gasteiger partial charge in [0.05, 0.1) is 28.7 Å². The molecule has 0 saturated carbocycles. The standard InChI is InChI=1S/C25H35N7S/c1-14(2)21-30-18(19-22(32-21)28-13-27-19)16(33-8)9-11-25(6,7)23-29-15-10-12-26-17(15)20(31-23)24(3,4)5/h10,12-14,16,26H,9,11H2,1-8H3,(H,27,28,30,32). The Balaban J connectivity index is 1.66. The molecule has 7 nitrogen and oxygen atoms in total. The maximum Gasteiger partial charge on any atom is 0.181 e. The summed E-state index contributed by atoms with van der Waals surface area (Å²) in [5.41, 5.74) is 5.57. The van der Waals surface area contributed by atoms with Crippen molar-refractivity contribution >= 4 is 34.0 Å². The summed E-state index contributed by atoms with van der Waals surface area (Å²) >= 11 is 1.83. The van der Waals surface area contributed by atoms with Crippen LogP contribution in [-0.2, 0) is 10.8 Å². The maximum atomic E-state index is 5.08. The van der Waals surface area contributed by atoms with Crippen LogP contribution in [-0.4, -0.2) is 41.1 Å². The van der Waals surface area contributed by atoms with Crippen LogP contribution in [0.2, 0.25) is 0 Å². The van der Waals surface area contributed by atoms with Crippen molar-refractivity contribution in [2.24, 2.45) is 0 Å². The Morgan fingerprint density at radius 3 is 2.39 bits per heavy atom. The molecule has 0 saturated heterocycles. The highest BCUT2D eigenvalue weighted by atomic mass is 32.2. The first kappa shape index (κ1) is 23.7. The molecule has 1 atom stereocenters. The van der Waals surface area contributed by atoms with Gasteiger partial charge in [0.25, 0.3) is 0 Å². The van der Waals surface area contributed by atoms with Gasteiger partial charge in [0.15, 0.2) is 5.65 Å². The molecule has 8 heteroatoms. The number of H-pyrrole nitrogens is 2. The van der Waals surface area contributed by atoms with E-state index < -0.39 is 0 Å². The second kappa shape index (κ2) is 8.70. The third-order valence-electron chi connectivity index (χ3n) is 6.19. The highest BCUT2D eigenvalue weighted by molar-refractivity contribution is 7.98. The SMILES string of the molecule is CSC(CCC(C)(C)c1nc(C(C)(C)C)c2[nH]ccc2n1)c1nc(C(C)C)nc2nc[nH]c12. The lowest BCUT2D eigenvalue weighted by Crippen LogP contribution is -2.25. The lowest BCUT2D eigenvalue weighted by molar-refractivity contribution is 0.427. The molecule has 4 aromatic heterocycles. The van der Waals surface area contributed by atoms with Crippen LogP contribution in [0, 0.1) is 0 Å². The van der Waals surface area contributed by atoms with Gasteiger partial charge < -0.3 is 9.97 Å². The molecule has 4 rings (SSSR count). The molecule has 2 N–H and O–H groups in total. The van der Waals surface area contributed by atoms with Gasteiger partial charge in [-0.3, -0.25) is 0 Å². The Bertz CT molecular complexity index is 1260. The van der Waals surface area contributed by atoms with Gasteiger partial charge in [0, 0.05) is 28.2 Å². The van der Waals surface area contributed by atoms with Gasteiger partial charge in [0.2, 0.25) is 0 Å². The third-order valence-corrected chi connectivity index (χ3v) is 7.22. The van der Waals surface area contributed by atoms with E-state index in [4.69, 9.17) is 15.0 Å². The van der Waals surface area contributed by atoms with Crippen LogP contribution in [0.4, 0.5) is 0 Å². The van der Waals surface area contributed by atoms with Crippen molar-refractivity contribution in [1.29, 1.82) is 0 Å². The average molecular weight is 466 g/mol. The first-order chi connectivity index (χ1) is 15.5. The van der Waals surface area contributed by atoms with Crippen molar-refractivity contribution < 1.29 is 0 Å². The molecule has 0 aromatic carbocycles. The molecular weight excluding hydrogens is 430 g/mol. The summed E-state index contributed by atoms with van der Waals surface area (Å²) in [5.74, 6) is 2.00. The average Bonchev–Trinajstić information content (AvgIpc) is 3.41. The topological polar surface area (TPSA) is 96.0 Å². The normalized spacial score (nSPS) is 14.0. The van der Waals surface area contributed by atoms with Gasteiger partial charge in [-0.2, -0.15) is 11.8 Å². The summed E-state index contributed by atoms with van der Waals surface area (Å²) in [6.07, 6.45) is 7.70. The molecule has 0 aliphatic carbocycles. The molecular formula is C25H35N7S. The second-order valence-corrected chi connectivity index (χ2v) is 11.8.